The summed E-state index contributed by atoms with van der Waals surface area (Å²) in [5.41, 5.74) is 2.31. The van der Waals surface area contributed by atoms with Crippen LogP contribution < -0.4 is 9.64 Å². The van der Waals surface area contributed by atoms with Gasteiger partial charge in [-0.2, -0.15) is 4.31 Å². The average molecular weight is 551 g/mol. The van der Waals surface area contributed by atoms with Crippen LogP contribution in [0.25, 0.3) is 10.8 Å². The molecule has 10 heteroatoms. The van der Waals surface area contributed by atoms with Gasteiger partial charge in [-0.3, -0.25) is 14.4 Å². The molecule has 1 unspecified atom stereocenters. The number of sulfonamides is 1. The quantitative estimate of drug-likeness (QED) is 0.265. The maximum Gasteiger partial charge on any atom is 0.298 e. The maximum absolute atomic E-state index is 13.5. The number of methoxy groups -OCH3 is 1. The highest BCUT2D eigenvalue weighted by atomic mass is 32.2. The highest BCUT2D eigenvalue weighted by Crippen LogP contribution is 2.39. The van der Waals surface area contributed by atoms with E-state index in [1.807, 2.05) is 30.3 Å². The zero-order valence-electron chi connectivity index (χ0n) is 21.7. The molecule has 2 aliphatic heterocycles. The number of benzene rings is 3. The maximum atomic E-state index is 13.5. The molecule has 5 rings (SSSR count). The molecule has 2 aliphatic rings. The number of ether oxygens (including phenoxy) is 2. The van der Waals surface area contributed by atoms with E-state index in [0.29, 0.717) is 38.1 Å². The molecule has 204 valence electrons. The number of hydrogen-bond donors (Lipinski definition) is 0. The Bertz CT molecular complexity index is 1520. The zero-order chi connectivity index (χ0) is 27.6. The Hall–Kier alpha value is -3.60. The third-order valence-electron chi connectivity index (χ3n) is 7.46. The molecule has 3 aromatic carbocycles. The molecule has 0 N–H and O–H groups in total. The molecule has 0 bridgehead atoms. The summed E-state index contributed by atoms with van der Waals surface area (Å²) in [5, 5.41) is 1.74. The molecule has 1 saturated heterocycles. The minimum absolute atomic E-state index is 0.0217. The van der Waals surface area contributed by atoms with Crippen LogP contribution in [0.15, 0.2) is 59.5 Å². The Balaban J connectivity index is 1.34. The van der Waals surface area contributed by atoms with Gasteiger partial charge in [-0.1, -0.05) is 18.2 Å². The second-order valence-electron chi connectivity index (χ2n) is 9.81. The number of nitrogens with zero attached hydrogens (tertiary/aromatic N) is 2. The van der Waals surface area contributed by atoms with Crippen molar-refractivity contribution in [3.05, 3.63) is 65.7 Å². The SMILES string of the molecule is COCCCN1C(=O)c2cccc3c(CC(=O)C4CCCN(S(=O)(=O)c5ccc(OC=O)cc5)C4)ccc1c23. The van der Waals surface area contributed by atoms with Crippen molar-refractivity contribution >= 4 is 44.6 Å². The van der Waals surface area contributed by atoms with Crippen LogP contribution in [0.5, 0.6) is 5.75 Å². The fraction of sp³-hybridized carbons (Fsp3) is 0.345. The molecule has 0 saturated carbocycles. The van der Waals surface area contributed by atoms with E-state index in [1.165, 1.54) is 28.6 Å². The van der Waals surface area contributed by atoms with Gasteiger partial charge in [0.2, 0.25) is 10.0 Å². The first kappa shape index (κ1) is 27.0. The van der Waals surface area contributed by atoms with Crippen molar-refractivity contribution < 1.29 is 32.3 Å². The lowest BCUT2D eigenvalue weighted by Gasteiger charge is -2.31. The van der Waals surface area contributed by atoms with Gasteiger partial charge in [-0.25, -0.2) is 8.42 Å². The molecule has 3 aromatic rings. The number of amides is 1. The number of ketones is 1. The minimum atomic E-state index is -3.81. The Labute approximate surface area is 227 Å². The van der Waals surface area contributed by atoms with Gasteiger partial charge in [0.05, 0.1) is 10.6 Å². The van der Waals surface area contributed by atoms with E-state index in [4.69, 9.17) is 9.47 Å². The first-order chi connectivity index (χ1) is 18.8. The van der Waals surface area contributed by atoms with Crippen LogP contribution in [0.1, 0.15) is 35.2 Å². The Morgan fingerprint density at radius 2 is 1.90 bits per heavy atom. The smallest absolute Gasteiger partial charge is 0.298 e. The summed E-state index contributed by atoms with van der Waals surface area (Å²) in [6.45, 7) is 1.84. The number of hydrogen-bond acceptors (Lipinski definition) is 7. The van der Waals surface area contributed by atoms with E-state index in [2.05, 4.69) is 0 Å². The summed E-state index contributed by atoms with van der Waals surface area (Å²) in [6.07, 6.45) is 2.07. The normalized spacial score (nSPS) is 17.5. The molecular weight excluding hydrogens is 520 g/mol. The van der Waals surface area contributed by atoms with Crippen LogP contribution in [0, 0.1) is 5.92 Å². The van der Waals surface area contributed by atoms with Crippen LogP contribution in [0.4, 0.5) is 5.69 Å². The second-order valence-corrected chi connectivity index (χ2v) is 11.7. The standard InChI is InChI=1S/C29H30N2O7S/c1-37-16-4-15-31-26-13-8-20(24-6-2-7-25(28(24)26)29(31)34)17-27(33)21-5-3-14-30(18-21)39(35,36)23-11-9-22(10-12-23)38-19-32/h2,6-13,19,21H,3-5,14-18H2,1H3. The van der Waals surface area contributed by atoms with Gasteiger partial charge in [-0.15, -0.1) is 0 Å². The topological polar surface area (TPSA) is 110 Å². The number of Topliss-reactive ketones (excluding diaryl/α,β-unsaturated/α-hetero) is 1. The molecule has 0 aromatic heterocycles. The van der Waals surface area contributed by atoms with Crippen LogP contribution in [-0.4, -0.2) is 64.2 Å². The summed E-state index contributed by atoms with van der Waals surface area (Å²) < 4.78 is 37.8. The number of anilines is 1. The predicted octanol–water partition coefficient (Wildman–Crippen LogP) is 3.58. The number of rotatable bonds is 11. The molecule has 1 amide bonds. The monoisotopic (exact) mass is 550 g/mol. The van der Waals surface area contributed by atoms with Crippen molar-refractivity contribution in [2.75, 3.05) is 38.3 Å². The van der Waals surface area contributed by atoms with Gasteiger partial charge in [-0.05, 0) is 66.6 Å². The molecule has 1 fully saturated rings. The van der Waals surface area contributed by atoms with E-state index in [9.17, 15) is 22.8 Å². The molecule has 0 aliphatic carbocycles. The van der Waals surface area contributed by atoms with Crippen LogP contribution >= 0.6 is 0 Å². The minimum Gasteiger partial charge on any atom is -0.429 e. The largest absolute Gasteiger partial charge is 0.429 e. The summed E-state index contributed by atoms with van der Waals surface area (Å²) >= 11 is 0. The fourth-order valence-corrected chi connectivity index (χ4v) is 7.02. The van der Waals surface area contributed by atoms with Crippen LogP contribution in [0.3, 0.4) is 0 Å². The molecule has 39 heavy (non-hydrogen) atoms. The molecule has 1 atom stereocenters. The predicted molar refractivity (Wildman–Crippen MR) is 145 cm³/mol. The molecule has 9 nitrogen and oxygen atoms in total. The lowest BCUT2D eigenvalue weighted by atomic mass is 9.89. The van der Waals surface area contributed by atoms with E-state index < -0.39 is 15.9 Å². The fourth-order valence-electron chi connectivity index (χ4n) is 5.50. The lowest BCUT2D eigenvalue weighted by molar-refractivity contribution is -0.123. The molecule has 0 spiro atoms. The van der Waals surface area contributed by atoms with Gasteiger partial charge in [0.25, 0.3) is 12.4 Å². The van der Waals surface area contributed by atoms with Crippen LogP contribution in [-0.2, 0) is 30.8 Å². The first-order valence-electron chi connectivity index (χ1n) is 12.9. The Kier molecular flexibility index (Phi) is 7.79. The zero-order valence-corrected chi connectivity index (χ0v) is 22.5. The van der Waals surface area contributed by atoms with Gasteiger partial charge in [0, 0.05) is 56.6 Å². The van der Waals surface area contributed by atoms with E-state index in [-0.39, 0.29) is 41.8 Å². The third kappa shape index (κ3) is 5.19. The van der Waals surface area contributed by atoms with E-state index in [1.54, 1.807) is 12.0 Å². The third-order valence-corrected chi connectivity index (χ3v) is 9.33. The Morgan fingerprint density at radius 3 is 2.64 bits per heavy atom. The summed E-state index contributed by atoms with van der Waals surface area (Å²) in [6, 6.07) is 15.0. The average Bonchev–Trinajstić information content (AvgIpc) is 3.22. The van der Waals surface area contributed by atoms with Crippen molar-refractivity contribution in [1.82, 2.24) is 4.31 Å². The highest BCUT2D eigenvalue weighted by molar-refractivity contribution is 7.89. The number of carbonyl (C=O) groups is 3. The van der Waals surface area contributed by atoms with E-state index >= 15 is 0 Å². The Morgan fingerprint density at radius 1 is 1.10 bits per heavy atom. The summed E-state index contributed by atoms with van der Waals surface area (Å²) in [4.78, 5) is 38.9. The van der Waals surface area contributed by atoms with Crippen molar-refractivity contribution in [3.8, 4) is 5.75 Å². The number of piperidine rings is 1. The van der Waals surface area contributed by atoms with Crippen molar-refractivity contribution in [1.29, 1.82) is 0 Å². The van der Waals surface area contributed by atoms with Crippen molar-refractivity contribution in [3.63, 3.8) is 0 Å². The number of carbonyl (C=O) groups excluding carboxylic acids is 3. The summed E-state index contributed by atoms with van der Waals surface area (Å²) in [5.74, 6) is -0.247. The van der Waals surface area contributed by atoms with Crippen molar-refractivity contribution in [2.24, 2.45) is 5.92 Å². The lowest BCUT2D eigenvalue weighted by Crippen LogP contribution is -2.42. The van der Waals surface area contributed by atoms with Crippen LogP contribution in [0.2, 0.25) is 0 Å². The molecular formula is C29H30N2O7S. The first-order valence-corrected chi connectivity index (χ1v) is 14.4. The van der Waals surface area contributed by atoms with E-state index in [0.717, 1.165) is 28.4 Å². The van der Waals surface area contributed by atoms with Gasteiger partial charge < -0.3 is 14.4 Å². The molecule has 0 radical (unpaired) electrons. The second kappa shape index (κ2) is 11.3. The van der Waals surface area contributed by atoms with Gasteiger partial charge in [0.15, 0.2) is 0 Å². The summed E-state index contributed by atoms with van der Waals surface area (Å²) in [7, 11) is -2.17. The highest BCUT2D eigenvalue weighted by Gasteiger charge is 2.34. The van der Waals surface area contributed by atoms with Gasteiger partial charge >= 0.3 is 0 Å². The van der Waals surface area contributed by atoms with Gasteiger partial charge in [0.1, 0.15) is 11.5 Å². The molecule has 2 heterocycles. The van der Waals surface area contributed by atoms with Crippen molar-refractivity contribution in [2.45, 2.75) is 30.6 Å².